The summed E-state index contributed by atoms with van der Waals surface area (Å²) < 4.78 is 21.3. The van der Waals surface area contributed by atoms with Crippen molar-refractivity contribution in [2.45, 2.75) is 108 Å². The monoisotopic (exact) mass is 464 g/mol. The van der Waals surface area contributed by atoms with Gasteiger partial charge in [-0.1, -0.05) is 46.0 Å². The lowest BCUT2D eigenvalue weighted by molar-refractivity contribution is -0.305. The van der Waals surface area contributed by atoms with Gasteiger partial charge < -0.3 is 39.4 Å². The number of carbonyl (C=O) groups is 2. The van der Waals surface area contributed by atoms with Crippen LogP contribution in [0, 0.1) is 0 Å². The molecule has 0 bridgehead atoms. The van der Waals surface area contributed by atoms with Crippen molar-refractivity contribution >= 4 is 11.9 Å². The molecular formula is C22H40O10. The average molecular weight is 465 g/mol. The molecule has 0 aromatic carbocycles. The Balaban J connectivity index is 2.57. The molecule has 0 aliphatic carbocycles. The Hall–Kier alpha value is -1.30. The van der Waals surface area contributed by atoms with Gasteiger partial charge in [-0.15, -0.1) is 0 Å². The summed E-state index contributed by atoms with van der Waals surface area (Å²) in [6.45, 7) is 2.89. The molecule has 10 heteroatoms. The van der Waals surface area contributed by atoms with Crippen LogP contribution in [0.4, 0.5) is 0 Å². The van der Waals surface area contributed by atoms with E-state index in [1.165, 1.54) is 6.42 Å². The summed E-state index contributed by atoms with van der Waals surface area (Å²) in [5, 5.41) is 39.0. The molecule has 6 unspecified atom stereocenters. The first kappa shape index (κ1) is 28.7. The normalized spacial score (nSPS) is 26.5. The van der Waals surface area contributed by atoms with Crippen molar-refractivity contribution in [1.82, 2.24) is 0 Å². The van der Waals surface area contributed by atoms with Gasteiger partial charge in [-0.05, 0) is 12.8 Å². The lowest BCUT2D eigenvalue weighted by Crippen LogP contribution is -2.59. The van der Waals surface area contributed by atoms with Crippen LogP contribution in [-0.2, 0) is 28.5 Å². The molecule has 0 radical (unpaired) electrons. The lowest BCUT2D eigenvalue weighted by Gasteiger charge is -2.39. The Kier molecular flexibility index (Phi) is 14.7. The van der Waals surface area contributed by atoms with E-state index in [1.54, 1.807) is 0 Å². The minimum Gasteiger partial charge on any atom is -0.462 e. The summed E-state index contributed by atoms with van der Waals surface area (Å²) in [7, 11) is 0. The fraction of sp³-hybridized carbons (Fsp3) is 0.909. The van der Waals surface area contributed by atoms with E-state index in [2.05, 4.69) is 6.92 Å². The largest absolute Gasteiger partial charge is 0.462 e. The molecule has 1 aliphatic rings. The SMILES string of the molecule is CCCCCCCCC(=O)OC(COC(=O)CCC)COC1OC(CO)C(O)C(O)C1O. The van der Waals surface area contributed by atoms with E-state index in [4.69, 9.17) is 18.9 Å². The second-order valence-corrected chi connectivity index (χ2v) is 8.09. The van der Waals surface area contributed by atoms with Crippen molar-refractivity contribution in [2.75, 3.05) is 19.8 Å². The topological polar surface area (TPSA) is 152 Å². The smallest absolute Gasteiger partial charge is 0.306 e. The number of aliphatic hydroxyl groups excluding tert-OH is 4. The van der Waals surface area contributed by atoms with Gasteiger partial charge in [0.1, 0.15) is 31.0 Å². The van der Waals surface area contributed by atoms with E-state index in [0.29, 0.717) is 12.8 Å². The van der Waals surface area contributed by atoms with Crippen molar-refractivity contribution in [3.63, 3.8) is 0 Å². The minimum absolute atomic E-state index is 0.224. The molecular weight excluding hydrogens is 424 g/mol. The fourth-order valence-corrected chi connectivity index (χ4v) is 3.28. The summed E-state index contributed by atoms with van der Waals surface area (Å²) in [4.78, 5) is 23.9. The number of carbonyl (C=O) groups excluding carboxylic acids is 2. The Labute approximate surface area is 189 Å². The molecule has 10 nitrogen and oxygen atoms in total. The Morgan fingerprint density at radius 1 is 0.844 bits per heavy atom. The van der Waals surface area contributed by atoms with Gasteiger partial charge in [0.05, 0.1) is 13.2 Å². The molecule has 188 valence electrons. The maximum atomic E-state index is 12.2. The molecule has 1 rings (SSSR count). The van der Waals surface area contributed by atoms with Crippen LogP contribution in [0.3, 0.4) is 0 Å². The number of aliphatic hydroxyl groups is 4. The molecule has 1 aliphatic heterocycles. The molecule has 0 amide bonds. The van der Waals surface area contributed by atoms with Gasteiger partial charge in [0.15, 0.2) is 12.4 Å². The molecule has 4 N–H and O–H groups in total. The van der Waals surface area contributed by atoms with Gasteiger partial charge >= 0.3 is 11.9 Å². The van der Waals surface area contributed by atoms with Gasteiger partial charge in [0, 0.05) is 12.8 Å². The fourth-order valence-electron chi connectivity index (χ4n) is 3.28. The Morgan fingerprint density at radius 2 is 1.53 bits per heavy atom. The van der Waals surface area contributed by atoms with E-state index < -0.39 is 55.4 Å². The van der Waals surface area contributed by atoms with E-state index >= 15 is 0 Å². The van der Waals surface area contributed by atoms with Gasteiger partial charge in [-0.2, -0.15) is 0 Å². The van der Waals surface area contributed by atoms with Crippen LogP contribution in [0.25, 0.3) is 0 Å². The third-order valence-electron chi connectivity index (χ3n) is 5.21. The van der Waals surface area contributed by atoms with Crippen LogP contribution in [-0.4, -0.2) is 89.0 Å². The van der Waals surface area contributed by atoms with E-state index in [0.717, 1.165) is 25.7 Å². The number of rotatable bonds is 16. The third kappa shape index (κ3) is 10.5. The van der Waals surface area contributed by atoms with Crippen molar-refractivity contribution in [2.24, 2.45) is 0 Å². The number of unbranched alkanes of at least 4 members (excludes halogenated alkanes) is 5. The van der Waals surface area contributed by atoms with Crippen molar-refractivity contribution in [1.29, 1.82) is 0 Å². The highest BCUT2D eigenvalue weighted by atomic mass is 16.7. The van der Waals surface area contributed by atoms with Crippen molar-refractivity contribution in [3.05, 3.63) is 0 Å². The summed E-state index contributed by atoms with van der Waals surface area (Å²) >= 11 is 0. The lowest BCUT2D eigenvalue weighted by atomic mass is 9.99. The average Bonchev–Trinajstić information content (AvgIpc) is 2.77. The molecule has 1 saturated heterocycles. The highest BCUT2D eigenvalue weighted by Crippen LogP contribution is 2.22. The molecule has 0 saturated carbocycles. The number of hydrogen-bond donors (Lipinski definition) is 4. The van der Waals surface area contributed by atoms with Crippen molar-refractivity contribution in [3.8, 4) is 0 Å². The summed E-state index contributed by atoms with van der Waals surface area (Å²) in [6.07, 6.45) is -0.881. The van der Waals surface area contributed by atoms with Gasteiger partial charge in [0.25, 0.3) is 0 Å². The first-order valence-corrected chi connectivity index (χ1v) is 11.6. The van der Waals surface area contributed by atoms with Crippen LogP contribution < -0.4 is 0 Å². The molecule has 0 spiro atoms. The van der Waals surface area contributed by atoms with Crippen LogP contribution in [0.2, 0.25) is 0 Å². The standard InChI is InChI=1S/C22H40O10/c1-3-5-6-7-8-9-11-18(25)31-15(13-29-17(24)10-4-2)14-30-22-21(28)20(27)19(26)16(12-23)32-22/h15-16,19-23,26-28H,3-14H2,1-2H3. The highest BCUT2D eigenvalue weighted by Gasteiger charge is 2.44. The van der Waals surface area contributed by atoms with Crippen molar-refractivity contribution < 1.29 is 49.0 Å². The molecule has 1 fully saturated rings. The third-order valence-corrected chi connectivity index (χ3v) is 5.21. The first-order chi connectivity index (χ1) is 15.3. The molecule has 32 heavy (non-hydrogen) atoms. The molecule has 6 atom stereocenters. The number of hydrogen-bond acceptors (Lipinski definition) is 10. The van der Waals surface area contributed by atoms with Gasteiger partial charge in [0.2, 0.25) is 0 Å². The number of ether oxygens (including phenoxy) is 4. The number of esters is 2. The second kappa shape index (κ2) is 16.3. The highest BCUT2D eigenvalue weighted by molar-refractivity contribution is 5.70. The second-order valence-electron chi connectivity index (χ2n) is 8.09. The summed E-state index contributed by atoms with van der Waals surface area (Å²) in [5.41, 5.74) is 0. The zero-order valence-corrected chi connectivity index (χ0v) is 19.2. The van der Waals surface area contributed by atoms with E-state index in [9.17, 15) is 30.0 Å². The van der Waals surface area contributed by atoms with Crippen LogP contribution in [0.5, 0.6) is 0 Å². The van der Waals surface area contributed by atoms with E-state index in [-0.39, 0.29) is 26.1 Å². The Bertz CT molecular complexity index is 527. The Morgan fingerprint density at radius 3 is 2.19 bits per heavy atom. The van der Waals surface area contributed by atoms with Gasteiger partial charge in [-0.25, -0.2) is 0 Å². The minimum atomic E-state index is -1.58. The molecule has 1 heterocycles. The molecule has 0 aromatic rings. The maximum Gasteiger partial charge on any atom is 0.306 e. The summed E-state index contributed by atoms with van der Waals surface area (Å²) in [6, 6.07) is 0. The van der Waals surface area contributed by atoms with Crippen LogP contribution >= 0.6 is 0 Å². The predicted octanol–water partition coefficient (Wildman–Crippen LogP) is 0.809. The van der Waals surface area contributed by atoms with Gasteiger partial charge in [-0.3, -0.25) is 9.59 Å². The predicted molar refractivity (Wildman–Crippen MR) is 113 cm³/mol. The molecule has 0 aromatic heterocycles. The zero-order chi connectivity index (χ0) is 23.9. The summed E-state index contributed by atoms with van der Waals surface area (Å²) in [5.74, 6) is -0.883. The van der Waals surface area contributed by atoms with Crippen LogP contribution in [0.15, 0.2) is 0 Å². The maximum absolute atomic E-state index is 12.2. The quantitative estimate of drug-likeness (QED) is 0.191. The van der Waals surface area contributed by atoms with E-state index in [1.807, 2.05) is 6.92 Å². The first-order valence-electron chi connectivity index (χ1n) is 11.6. The van der Waals surface area contributed by atoms with Crippen LogP contribution in [0.1, 0.15) is 71.6 Å². The zero-order valence-electron chi connectivity index (χ0n) is 19.2.